The fourth-order valence-electron chi connectivity index (χ4n) is 5.00. The summed E-state index contributed by atoms with van der Waals surface area (Å²) in [6.45, 7) is 4.14. The summed E-state index contributed by atoms with van der Waals surface area (Å²) >= 11 is 12.3. The lowest BCUT2D eigenvalue weighted by molar-refractivity contribution is 0.282. The monoisotopic (exact) mass is 639 g/mol. The van der Waals surface area contributed by atoms with Gasteiger partial charge in [0, 0.05) is 5.56 Å². The molecule has 6 aromatic rings. The van der Waals surface area contributed by atoms with Crippen LogP contribution in [0.25, 0.3) is 33.5 Å². The number of methoxy groups -OCH3 is 2. The minimum Gasteiger partial charge on any atom is -0.496 e. The largest absolute Gasteiger partial charge is 0.496 e. The van der Waals surface area contributed by atoms with Gasteiger partial charge in [0.1, 0.15) is 17.9 Å². The summed E-state index contributed by atoms with van der Waals surface area (Å²) in [5.74, 6) is 2.30. The van der Waals surface area contributed by atoms with Crippen LogP contribution >= 0.6 is 23.2 Å². The Bertz CT molecular complexity index is 2150. The lowest BCUT2D eigenvalue weighted by Gasteiger charge is -2.16. The van der Waals surface area contributed by atoms with Crippen LogP contribution in [0, 0.1) is 0 Å². The predicted octanol–water partition coefficient (Wildman–Crippen LogP) is 8.32. The Morgan fingerprint density at radius 2 is 1.76 bits per heavy atom. The van der Waals surface area contributed by atoms with Crippen molar-refractivity contribution in [3.63, 3.8) is 0 Å². The molecule has 0 fully saturated rings. The van der Waals surface area contributed by atoms with Crippen molar-refractivity contribution in [3.05, 3.63) is 129 Å². The Hall–Kier alpha value is -5.05. The number of rotatable bonds is 10. The molecule has 0 N–H and O–H groups in total. The number of nitrogens with zero attached hydrogens (tertiary/aromatic N) is 3. The number of allylic oxidation sites excluding steroid dienone is 1. The molecular formula is C35H27Cl2N3O5. The number of fused-ring (bicyclic) bond motifs is 2. The highest BCUT2D eigenvalue weighted by molar-refractivity contribution is 6.42. The quantitative estimate of drug-likeness (QED) is 0.111. The SMILES string of the molecule is C=CCc1cc(C=Nn2c(-c3cc4c(OC)cccc4o3)nc3ccccc3c2=O)cc(OC)c1OCc1ccc(Cl)c(Cl)c1. The first-order chi connectivity index (χ1) is 21.9. The maximum Gasteiger partial charge on any atom is 0.282 e. The van der Waals surface area contributed by atoms with E-state index in [-0.39, 0.29) is 18.0 Å². The zero-order valence-electron chi connectivity index (χ0n) is 24.4. The molecule has 2 aromatic heterocycles. The van der Waals surface area contributed by atoms with Crippen molar-refractivity contribution < 1.29 is 18.6 Å². The van der Waals surface area contributed by atoms with Crippen LogP contribution in [0.3, 0.4) is 0 Å². The molecule has 0 bridgehead atoms. The van der Waals surface area contributed by atoms with Gasteiger partial charge in [-0.1, -0.05) is 53.5 Å². The fraction of sp³-hybridized carbons (Fsp3) is 0.114. The third-order valence-corrected chi connectivity index (χ3v) is 7.88. The third-order valence-electron chi connectivity index (χ3n) is 7.14. The van der Waals surface area contributed by atoms with Crippen LogP contribution in [0.2, 0.25) is 10.0 Å². The summed E-state index contributed by atoms with van der Waals surface area (Å²) in [5, 5.41) is 6.70. The van der Waals surface area contributed by atoms with E-state index in [0.29, 0.717) is 61.5 Å². The molecule has 0 saturated heterocycles. The van der Waals surface area contributed by atoms with Crippen molar-refractivity contribution in [2.75, 3.05) is 14.2 Å². The molecule has 0 radical (unpaired) electrons. The van der Waals surface area contributed by atoms with Gasteiger partial charge >= 0.3 is 0 Å². The number of furan rings is 1. The van der Waals surface area contributed by atoms with Gasteiger partial charge in [0.2, 0.25) is 5.82 Å². The first-order valence-electron chi connectivity index (χ1n) is 13.9. The molecule has 0 aliphatic heterocycles. The highest BCUT2D eigenvalue weighted by Crippen LogP contribution is 2.35. The van der Waals surface area contributed by atoms with E-state index in [1.807, 2.05) is 36.4 Å². The number of hydrogen-bond donors (Lipinski definition) is 0. The number of ether oxygens (including phenoxy) is 3. The topological polar surface area (TPSA) is 88.1 Å². The molecule has 0 aliphatic rings. The van der Waals surface area contributed by atoms with Crippen LogP contribution < -0.4 is 19.8 Å². The van der Waals surface area contributed by atoms with E-state index >= 15 is 0 Å². The van der Waals surface area contributed by atoms with Crippen molar-refractivity contribution in [1.29, 1.82) is 0 Å². The van der Waals surface area contributed by atoms with Crippen molar-refractivity contribution >= 4 is 51.3 Å². The average Bonchev–Trinajstić information content (AvgIpc) is 3.50. The fourth-order valence-corrected chi connectivity index (χ4v) is 5.32. The highest BCUT2D eigenvalue weighted by atomic mass is 35.5. The summed E-state index contributed by atoms with van der Waals surface area (Å²) in [6.07, 6.45) is 3.84. The minimum atomic E-state index is -0.348. The molecule has 0 saturated carbocycles. The second-order valence-electron chi connectivity index (χ2n) is 10.0. The predicted molar refractivity (Wildman–Crippen MR) is 178 cm³/mol. The minimum absolute atomic E-state index is 0.244. The highest BCUT2D eigenvalue weighted by Gasteiger charge is 2.18. The molecule has 6 rings (SSSR count). The first kappa shape index (κ1) is 30.0. The van der Waals surface area contributed by atoms with E-state index in [1.54, 1.807) is 69.0 Å². The summed E-state index contributed by atoms with van der Waals surface area (Å²) < 4.78 is 24.8. The zero-order chi connectivity index (χ0) is 31.5. The van der Waals surface area contributed by atoms with Crippen molar-refractivity contribution in [2.45, 2.75) is 13.0 Å². The van der Waals surface area contributed by atoms with Gasteiger partial charge in [-0.05, 0) is 72.1 Å². The number of para-hydroxylation sites is 1. The normalized spacial score (nSPS) is 11.4. The van der Waals surface area contributed by atoms with Crippen LogP contribution in [0.5, 0.6) is 17.2 Å². The standard InChI is InChI=1S/C35H27Cl2N3O5/c1-4-8-23-15-22(17-31(43-3)33(23)44-20-21-13-14-26(36)27(37)16-21)19-38-40-34(39-28-10-6-5-9-24(28)35(40)41)32-18-25-29(42-2)11-7-12-30(25)45-32/h4-7,9-19H,1,8,20H2,2-3H3. The van der Waals surface area contributed by atoms with E-state index in [0.717, 1.165) is 16.5 Å². The molecule has 0 atom stereocenters. The van der Waals surface area contributed by atoms with Crippen LogP contribution in [-0.2, 0) is 13.0 Å². The second kappa shape index (κ2) is 12.9. The maximum absolute atomic E-state index is 13.8. The number of aromatic nitrogens is 2. The van der Waals surface area contributed by atoms with Gasteiger partial charge in [-0.3, -0.25) is 4.79 Å². The molecule has 45 heavy (non-hydrogen) atoms. The summed E-state index contributed by atoms with van der Waals surface area (Å²) in [5.41, 5.74) is 3.11. The van der Waals surface area contributed by atoms with E-state index in [4.69, 9.17) is 46.8 Å². The van der Waals surface area contributed by atoms with Gasteiger partial charge < -0.3 is 18.6 Å². The van der Waals surface area contributed by atoms with Gasteiger partial charge in [0.25, 0.3) is 5.56 Å². The Labute approximate surface area is 268 Å². The Morgan fingerprint density at radius 1 is 0.933 bits per heavy atom. The molecule has 0 unspecified atom stereocenters. The Balaban J connectivity index is 1.42. The Kier molecular flexibility index (Phi) is 8.60. The average molecular weight is 641 g/mol. The smallest absolute Gasteiger partial charge is 0.282 e. The van der Waals surface area contributed by atoms with Crippen molar-refractivity contribution in [1.82, 2.24) is 9.66 Å². The van der Waals surface area contributed by atoms with Crippen LogP contribution in [0.1, 0.15) is 16.7 Å². The van der Waals surface area contributed by atoms with Gasteiger partial charge in [-0.15, -0.1) is 6.58 Å². The van der Waals surface area contributed by atoms with Crippen LogP contribution in [0.15, 0.2) is 106 Å². The molecule has 0 amide bonds. The van der Waals surface area contributed by atoms with Crippen molar-refractivity contribution in [3.8, 4) is 28.8 Å². The van der Waals surface area contributed by atoms with E-state index in [9.17, 15) is 4.79 Å². The molecule has 4 aromatic carbocycles. The first-order valence-corrected chi connectivity index (χ1v) is 14.7. The molecule has 0 aliphatic carbocycles. The molecule has 226 valence electrons. The Morgan fingerprint density at radius 3 is 2.53 bits per heavy atom. The molecule has 2 heterocycles. The second-order valence-corrected chi connectivity index (χ2v) is 10.9. The third kappa shape index (κ3) is 6.02. The van der Waals surface area contributed by atoms with E-state index in [2.05, 4.69) is 11.7 Å². The lowest BCUT2D eigenvalue weighted by atomic mass is 10.1. The number of hydrogen-bond acceptors (Lipinski definition) is 7. The van der Waals surface area contributed by atoms with E-state index in [1.165, 1.54) is 4.68 Å². The van der Waals surface area contributed by atoms with E-state index < -0.39 is 0 Å². The summed E-state index contributed by atoms with van der Waals surface area (Å²) in [6, 6.07) is 23.4. The summed E-state index contributed by atoms with van der Waals surface area (Å²) in [7, 11) is 3.15. The van der Waals surface area contributed by atoms with Crippen LogP contribution in [-0.4, -0.2) is 30.1 Å². The maximum atomic E-state index is 13.8. The molecule has 10 heteroatoms. The van der Waals surface area contributed by atoms with Gasteiger partial charge in [0.05, 0.1) is 46.8 Å². The summed E-state index contributed by atoms with van der Waals surface area (Å²) in [4.78, 5) is 18.5. The zero-order valence-corrected chi connectivity index (χ0v) is 25.9. The van der Waals surface area contributed by atoms with Gasteiger partial charge in [0.15, 0.2) is 17.3 Å². The number of benzene rings is 4. The molecule has 0 spiro atoms. The molecular weight excluding hydrogens is 613 g/mol. The van der Waals surface area contributed by atoms with Crippen LogP contribution in [0.4, 0.5) is 0 Å². The lowest BCUT2D eigenvalue weighted by Crippen LogP contribution is -2.20. The van der Waals surface area contributed by atoms with Gasteiger partial charge in [-0.25, -0.2) is 4.98 Å². The number of halogens is 2. The molecule has 8 nitrogen and oxygen atoms in total. The van der Waals surface area contributed by atoms with Gasteiger partial charge in [-0.2, -0.15) is 9.78 Å². The van der Waals surface area contributed by atoms with Crippen molar-refractivity contribution in [2.24, 2.45) is 5.10 Å².